The summed E-state index contributed by atoms with van der Waals surface area (Å²) in [5, 5.41) is 7.47. The van der Waals surface area contributed by atoms with E-state index >= 15 is 0 Å². The molecule has 11 aromatic carbocycles. The average Bonchev–Trinajstić information content (AvgIpc) is 3.34. The van der Waals surface area contributed by atoms with Gasteiger partial charge in [0.25, 0.3) is 0 Å². The van der Waals surface area contributed by atoms with E-state index in [0.29, 0.717) is 0 Å². The molecule has 0 aliphatic carbocycles. The lowest BCUT2D eigenvalue weighted by atomic mass is 9.87. The summed E-state index contributed by atoms with van der Waals surface area (Å²) in [6, 6.07) is 90.5. The highest BCUT2D eigenvalue weighted by Gasteiger charge is 2.18. The monoisotopic (exact) mass is 775 g/mol. The van der Waals surface area contributed by atoms with Crippen molar-refractivity contribution in [1.82, 2.24) is 0 Å². The molecule has 0 fully saturated rings. The molecule has 0 saturated heterocycles. The maximum absolute atomic E-state index is 2.39. The fraction of sp³-hybridized carbons (Fsp3) is 0. The molecule has 286 valence electrons. The third-order valence-corrected chi connectivity index (χ3v) is 12.1. The molecule has 0 aliphatic heterocycles. The van der Waals surface area contributed by atoms with Crippen molar-refractivity contribution in [3.8, 4) is 55.6 Å². The van der Waals surface area contributed by atoms with Gasteiger partial charge >= 0.3 is 0 Å². The molecule has 0 atom stereocenters. The van der Waals surface area contributed by atoms with Gasteiger partial charge in [-0.15, -0.1) is 0 Å². The predicted octanol–water partition coefficient (Wildman–Crippen LogP) is 17.0. The second kappa shape index (κ2) is 15.6. The Balaban J connectivity index is 1.02. The minimum Gasteiger partial charge on any atom is -0.310 e. The second-order valence-electron chi connectivity index (χ2n) is 15.7. The average molecular weight is 776 g/mol. The van der Waals surface area contributed by atoms with E-state index in [0.717, 1.165) is 17.1 Å². The Hall–Kier alpha value is -8.00. The van der Waals surface area contributed by atoms with Crippen LogP contribution in [0.3, 0.4) is 0 Å². The molecule has 0 aliphatic rings. The molecule has 0 bridgehead atoms. The molecule has 61 heavy (non-hydrogen) atoms. The molecule has 1 heteroatoms. The van der Waals surface area contributed by atoms with Gasteiger partial charge < -0.3 is 4.90 Å². The SMILES string of the molecule is c1ccc(-c2ccccc2-c2ccccc2-c2ccccc2-c2ccc(N(c3cccc(-c4ccc5ccccc5c4)c3)c3ccc4c(ccc5ccccc54)c3)cc2)cc1. The number of nitrogens with zero attached hydrogens (tertiary/aromatic N) is 1. The number of anilines is 3. The molecule has 0 radical (unpaired) electrons. The van der Waals surface area contributed by atoms with Gasteiger partial charge in [0.2, 0.25) is 0 Å². The van der Waals surface area contributed by atoms with Crippen LogP contribution in [0.1, 0.15) is 0 Å². The first-order valence-electron chi connectivity index (χ1n) is 21.0. The summed E-state index contributed by atoms with van der Waals surface area (Å²) in [6.45, 7) is 0. The fourth-order valence-corrected chi connectivity index (χ4v) is 9.08. The highest BCUT2D eigenvalue weighted by molar-refractivity contribution is 6.08. The fourth-order valence-electron chi connectivity index (χ4n) is 9.08. The summed E-state index contributed by atoms with van der Waals surface area (Å²) < 4.78 is 0. The zero-order valence-corrected chi connectivity index (χ0v) is 33.6. The Bertz CT molecular complexity index is 3360. The Morgan fingerprint density at radius 3 is 1.34 bits per heavy atom. The van der Waals surface area contributed by atoms with Crippen molar-refractivity contribution in [2.75, 3.05) is 4.90 Å². The molecule has 11 aromatic rings. The lowest BCUT2D eigenvalue weighted by molar-refractivity contribution is 1.29. The summed E-state index contributed by atoms with van der Waals surface area (Å²) in [6.07, 6.45) is 0. The molecule has 11 rings (SSSR count). The van der Waals surface area contributed by atoms with Crippen molar-refractivity contribution >= 4 is 49.4 Å². The Labute approximate surface area is 357 Å². The molecule has 0 N–H and O–H groups in total. The Morgan fingerprint density at radius 1 is 0.197 bits per heavy atom. The molecular formula is C60H41N. The van der Waals surface area contributed by atoms with Crippen LogP contribution in [0.2, 0.25) is 0 Å². The van der Waals surface area contributed by atoms with E-state index in [9.17, 15) is 0 Å². The molecule has 0 heterocycles. The highest BCUT2D eigenvalue weighted by Crippen LogP contribution is 2.43. The quantitative estimate of drug-likeness (QED) is 0.139. The third-order valence-electron chi connectivity index (χ3n) is 12.1. The standard InChI is InChI=1S/C60H41N/c1-2-16-43(17-3-1)54-23-8-10-25-57(54)59-27-12-13-28-60(59)58-26-11-9-24-55(58)45-33-35-50(36-34-45)61(52-37-38-56-49(41-52)32-30-44-18-6-7-22-53(44)56)51-21-14-20-47(40-51)48-31-29-42-15-4-5-19-46(42)39-48/h1-41H. The molecule has 0 amide bonds. The van der Waals surface area contributed by atoms with Crippen LogP contribution in [0, 0.1) is 0 Å². The number of fused-ring (bicyclic) bond motifs is 4. The highest BCUT2D eigenvalue weighted by atomic mass is 15.1. The second-order valence-corrected chi connectivity index (χ2v) is 15.7. The van der Waals surface area contributed by atoms with E-state index in [2.05, 4.69) is 254 Å². The smallest absolute Gasteiger partial charge is 0.0468 e. The van der Waals surface area contributed by atoms with E-state index in [1.165, 1.54) is 88.0 Å². The van der Waals surface area contributed by atoms with E-state index in [4.69, 9.17) is 0 Å². The van der Waals surface area contributed by atoms with Gasteiger partial charge in [0, 0.05) is 17.1 Å². The molecule has 1 nitrogen and oxygen atoms in total. The lowest BCUT2D eigenvalue weighted by Gasteiger charge is -2.27. The summed E-state index contributed by atoms with van der Waals surface area (Å²) in [5.41, 5.74) is 15.3. The maximum Gasteiger partial charge on any atom is 0.0468 e. The van der Waals surface area contributed by atoms with E-state index in [1.54, 1.807) is 0 Å². The number of benzene rings is 11. The molecule has 0 unspecified atom stereocenters. The number of hydrogen-bond donors (Lipinski definition) is 0. The minimum absolute atomic E-state index is 1.09. The lowest BCUT2D eigenvalue weighted by Crippen LogP contribution is -2.10. The van der Waals surface area contributed by atoms with Gasteiger partial charge in [-0.25, -0.2) is 0 Å². The zero-order chi connectivity index (χ0) is 40.5. The van der Waals surface area contributed by atoms with Crippen LogP contribution in [0.15, 0.2) is 249 Å². The molecule has 0 spiro atoms. The van der Waals surface area contributed by atoms with Crippen LogP contribution in [0.5, 0.6) is 0 Å². The first-order chi connectivity index (χ1) is 30.2. The molecular weight excluding hydrogens is 735 g/mol. The molecule has 0 saturated carbocycles. The van der Waals surface area contributed by atoms with Crippen LogP contribution in [0.4, 0.5) is 17.1 Å². The predicted molar refractivity (Wildman–Crippen MR) is 261 cm³/mol. The minimum atomic E-state index is 1.09. The van der Waals surface area contributed by atoms with E-state index in [-0.39, 0.29) is 0 Å². The normalized spacial score (nSPS) is 11.3. The first kappa shape index (κ1) is 36.1. The van der Waals surface area contributed by atoms with Gasteiger partial charge in [0.05, 0.1) is 0 Å². The van der Waals surface area contributed by atoms with Crippen LogP contribution >= 0.6 is 0 Å². The Morgan fingerprint density at radius 2 is 0.639 bits per heavy atom. The van der Waals surface area contributed by atoms with Gasteiger partial charge in [0.1, 0.15) is 0 Å². The van der Waals surface area contributed by atoms with Gasteiger partial charge in [-0.3, -0.25) is 0 Å². The van der Waals surface area contributed by atoms with Crippen molar-refractivity contribution in [3.63, 3.8) is 0 Å². The van der Waals surface area contributed by atoms with Gasteiger partial charge in [-0.05, 0) is 130 Å². The topological polar surface area (TPSA) is 3.24 Å². The van der Waals surface area contributed by atoms with E-state index < -0.39 is 0 Å². The maximum atomic E-state index is 2.39. The van der Waals surface area contributed by atoms with Crippen LogP contribution in [-0.2, 0) is 0 Å². The van der Waals surface area contributed by atoms with Gasteiger partial charge in [-0.1, -0.05) is 206 Å². The van der Waals surface area contributed by atoms with Crippen molar-refractivity contribution in [2.24, 2.45) is 0 Å². The van der Waals surface area contributed by atoms with Crippen LogP contribution < -0.4 is 4.90 Å². The first-order valence-corrected chi connectivity index (χ1v) is 21.0. The summed E-state index contributed by atoms with van der Waals surface area (Å²) in [7, 11) is 0. The summed E-state index contributed by atoms with van der Waals surface area (Å²) in [5.74, 6) is 0. The third kappa shape index (κ3) is 6.83. The summed E-state index contributed by atoms with van der Waals surface area (Å²) >= 11 is 0. The largest absolute Gasteiger partial charge is 0.310 e. The Kier molecular flexibility index (Phi) is 9.26. The van der Waals surface area contributed by atoms with E-state index in [1.807, 2.05) is 0 Å². The molecule has 0 aromatic heterocycles. The van der Waals surface area contributed by atoms with Crippen molar-refractivity contribution in [3.05, 3.63) is 249 Å². The zero-order valence-electron chi connectivity index (χ0n) is 33.6. The van der Waals surface area contributed by atoms with Crippen molar-refractivity contribution in [2.45, 2.75) is 0 Å². The number of rotatable bonds is 8. The van der Waals surface area contributed by atoms with Crippen LogP contribution in [0.25, 0.3) is 88.0 Å². The number of hydrogen-bond acceptors (Lipinski definition) is 1. The van der Waals surface area contributed by atoms with Crippen molar-refractivity contribution in [1.29, 1.82) is 0 Å². The van der Waals surface area contributed by atoms with Crippen LogP contribution in [-0.4, -0.2) is 0 Å². The van der Waals surface area contributed by atoms with Crippen molar-refractivity contribution < 1.29 is 0 Å². The van der Waals surface area contributed by atoms with Gasteiger partial charge in [-0.2, -0.15) is 0 Å². The van der Waals surface area contributed by atoms with Gasteiger partial charge in [0.15, 0.2) is 0 Å². The summed E-state index contributed by atoms with van der Waals surface area (Å²) in [4.78, 5) is 2.39.